The van der Waals surface area contributed by atoms with Crippen molar-refractivity contribution in [3.8, 4) is 5.75 Å². The van der Waals surface area contributed by atoms with Crippen molar-refractivity contribution >= 4 is 7.85 Å². The molecule has 4 rings (SSSR count). The zero-order valence-corrected chi connectivity index (χ0v) is 15.5. The number of aromatic hydroxyl groups is 1. The Hall–Kier alpha value is -1.78. The van der Waals surface area contributed by atoms with Crippen molar-refractivity contribution in [3.05, 3.63) is 65.7 Å². The Morgan fingerprint density at radius 1 is 1.00 bits per heavy atom. The molecule has 1 saturated carbocycles. The Morgan fingerprint density at radius 3 is 2.23 bits per heavy atom. The normalized spacial score (nSPS) is 29.6. The van der Waals surface area contributed by atoms with Gasteiger partial charge in [0.15, 0.2) is 0 Å². The van der Waals surface area contributed by atoms with Crippen LogP contribution in [0.2, 0.25) is 0 Å². The van der Waals surface area contributed by atoms with E-state index >= 15 is 0 Å². The minimum Gasteiger partial charge on any atom is -0.508 e. The summed E-state index contributed by atoms with van der Waals surface area (Å²) in [5.41, 5.74) is 2.00. The highest BCUT2D eigenvalue weighted by Gasteiger charge is 2.48. The highest BCUT2D eigenvalue weighted by atomic mass is 16.3. The van der Waals surface area contributed by atoms with Gasteiger partial charge >= 0.3 is 0 Å². The lowest BCUT2D eigenvalue weighted by Gasteiger charge is -2.27. The molecule has 0 radical (unpaired) electrons. The lowest BCUT2D eigenvalue weighted by molar-refractivity contribution is 0.0355. The largest absolute Gasteiger partial charge is 0.508 e. The number of phenolic OH excluding ortho intramolecular Hbond substituents is 1. The molecule has 0 aromatic heterocycles. The molecule has 3 nitrogen and oxygen atoms in total. The fraction of sp³-hybridized carbons (Fsp3) is 0.455. The van der Waals surface area contributed by atoms with Crippen LogP contribution < -0.4 is 0 Å². The van der Waals surface area contributed by atoms with Crippen molar-refractivity contribution in [1.82, 2.24) is 4.90 Å². The highest BCUT2D eigenvalue weighted by molar-refractivity contribution is 6.12. The molecule has 2 aromatic rings. The van der Waals surface area contributed by atoms with E-state index < -0.39 is 5.60 Å². The van der Waals surface area contributed by atoms with Gasteiger partial charge in [-0.2, -0.15) is 0 Å². The summed E-state index contributed by atoms with van der Waals surface area (Å²) in [6, 6.07) is 18.0. The van der Waals surface area contributed by atoms with E-state index in [-0.39, 0.29) is 0 Å². The standard InChI is InChI=1S/C22H28BNO2/c23-21(17-6-8-20(25)9-7-17)15-24-13-18-11-22(26,12-19(18)14-24)10-16-4-2-1-3-5-16/h1-9,18-19,21,25-26H,10-15,23H2/t18-,19+,21?,22-. The van der Waals surface area contributed by atoms with Crippen LogP contribution >= 0.6 is 0 Å². The first-order valence-electron chi connectivity index (χ1n) is 9.78. The van der Waals surface area contributed by atoms with Gasteiger partial charge in [0, 0.05) is 19.5 Å². The molecule has 2 N–H and O–H groups in total. The van der Waals surface area contributed by atoms with Crippen LogP contribution in [-0.2, 0) is 6.42 Å². The van der Waals surface area contributed by atoms with E-state index in [2.05, 4.69) is 37.0 Å². The van der Waals surface area contributed by atoms with Crippen molar-refractivity contribution in [2.75, 3.05) is 19.6 Å². The van der Waals surface area contributed by atoms with Gasteiger partial charge in [0.1, 0.15) is 13.6 Å². The van der Waals surface area contributed by atoms with Crippen molar-refractivity contribution in [2.24, 2.45) is 11.8 Å². The van der Waals surface area contributed by atoms with Crippen LogP contribution in [0.25, 0.3) is 0 Å². The molecule has 1 aliphatic heterocycles. The van der Waals surface area contributed by atoms with Crippen molar-refractivity contribution in [2.45, 2.75) is 30.7 Å². The second kappa shape index (κ2) is 7.09. The minimum atomic E-state index is -0.522. The van der Waals surface area contributed by atoms with Gasteiger partial charge in [-0.1, -0.05) is 48.0 Å². The quantitative estimate of drug-likeness (QED) is 0.815. The number of hydrogen-bond donors (Lipinski definition) is 2. The molecule has 0 bridgehead atoms. The number of nitrogens with zero attached hydrogens (tertiary/aromatic N) is 1. The Labute approximate surface area is 157 Å². The monoisotopic (exact) mass is 349 g/mol. The molecule has 0 spiro atoms. The third-order valence-corrected chi connectivity index (χ3v) is 6.31. The first kappa shape index (κ1) is 17.6. The van der Waals surface area contributed by atoms with Gasteiger partial charge in [-0.25, -0.2) is 0 Å². The second-order valence-corrected chi connectivity index (χ2v) is 8.53. The van der Waals surface area contributed by atoms with Gasteiger partial charge in [0.05, 0.1) is 5.60 Å². The summed E-state index contributed by atoms with van der Waals surface area (Å²) >= 11 is 0. The predicted molar refractivity (Wildman–Crippen MR) is 107 cm³/mol. The van der Waals surface area contributed by atoms with Crippen LogP contribution in [0, 0.1) is 11.8 Å². The van der Waals surface area contributed by atoms with E-state index in [9.17, 15) is 10.2 Å². The molecule has 4 atom stereocenters. The van der Waals surface area contributed by atoms with E-state index in [4.69, 9.17) is 0 Å². The summed E-state index contributed by atoms with van der Waals surface area (Å²) < 4.78 is 0. The number of phenols is 1. The van der Waals surface area contributed by atoms with E-state index in [1.165, 1.54) is 11.1 Å². The summed E-state index contributed by atoms with van der Waals surface area (Å²) in [5, 5.41) is 20.5. The molecule has 1 saturated heterocycles. The SMILES string of the molecule is BC(CN1C[C@@H]2C[C@@](O)(Cc3ccccc3)C[C@@H]2C1)c1ccc(O)cc1. The summed E-state index contributed by atoms with van der Waals surface area (Å²) in [4.78, 5) is 2.56. The van der Waals surface area contributed by atoms with Crippen molar-refractivity contribution in [3.63, 3.8) is 0 Å². The zero-order valence-electron chi connectivity index (χ0n) is 15.5. The number of benzene rings is 2. The molecule has 4 heteroatoms. The Bertz CT molecular complexity index is 720. The molecule has 1 heterocycles. The Morgan fingerprint density at radius 2 is 1.62 bits per heavy atom. The van der Waals surface area contributed by atoms with E-state index in [0.29, 0.717) is 23.4 Å². The van der Waals surface area contributed by atoms with E-state index in [1.54, 1.807) is 12.1 Å². The molecule has 2 aromatic carbocycles. The molecule has 2 fully saturated rings. The van der Waals surface area contributed by atoms with Crippen LogP contribution in [0.15, 0.2) is 54.6 Å². The average molecular weight is 349 g/mol. The molecular weight excluding hydrogens is 321 g/mol. The maximum atomic E-state index is 11.1. The predicted octanol–water partition coefficient (Wildman–Crippen LogP) is 2.38. The van der Waals surface area contributed by atoms with Gasteiger partial charge in [-0.05, 0) is 54.7 Å². The number of fused-ring (bicyclic) bond motifs is 1. The van der Waals surface area contributed by atoms with E-state index in [1.807, 2.05) is 18.2 Å². The number of likely N-dealkylation sites (tertiary alicyclic amines) is 1. The maximum absolute atomic E-state index is 11.1. The molecular formula is C22H28BNO2. The molecule has 1 unspecified atom stereocenters. The third-order valence-electron chi connectivity index (χ3n) is 6.31. The summed E-state index contributed by atoms with van der Waals surface area (Å²) in [5.74, 6) is 2.03. The van der Waals surface area contributed by atoms with Crippen molar-refractivity contribution in [1.29, 1.82) is 0 Å². The van der Waals surface area contributed by atoms with Crippen LogP contribution in [0.3, 0.4) is 0 Å². The average Bonchev–Trinajstić information content (AvgIpc) is 3.10. The third kappa shape index (κ3) is 3.82. The number of hydrogen-bond acceptors (Lipinski definition) is 3. The van der Waals surface area contributed by atoms with Gasteiger partial charge in [-0.3, -0.25) is 0 Å². The second-order valence-electron chi connectivity index (χ2n) is 8.53. The molecule has 1 aliphatic carbocycles. The molecule has 0 amide bonds. The van der Waals surface area contributed by atoms with Gasteiger partial charge in [-0.15, -0.1) is 0 Å². The van der Waals surface area contributed by atoms with Gasteiger partial charge in [0.25, 0.3) is 0 Å². The summed E-state index contributed by atoms with van der Waals surface area (Å²) in [7, 11) is 2.26. The minimum absolute atomic E-state index is 0.328. The zero-order chi connectivity index (χ0) is 18.1. The first-order chi connectivity index (χ1) is 12.5. The molecule has 26 heavy (non-hydrogen) atoms. The summed E-state index contributed by atoms with van der Waals surface area (Å²) in [6.45, 7) is 3.25. The first-order valence-corrected chi connectivity index (χ1v) is 9.78. The lowest BCUT2D eigenvalue weighted by atomic mass is 9.80. The van der Waals surface area contributed by atoms with Crippen LogP contribution in [0.4, 0.5) is 0 Å². The maximum Gasteiger partial charge on any atom is 0.115 e. The molecule has 136 valence electrons. The number of rotatable bonds is 5. The number of aliphatic hydroxyl groups is 1. The van der Waals surface area contributed by atoms with Gasteiger partial charge in [0.2, 0.25) is 0 Å². The fourth-order valence-electron chi connectivity index (χ4n) is 5.12. The Balaban J connectivity index is 1.32. The van der Waals surface area contributed by atoms with E-state index in [0.717, 1.165) is 38.9 Å². The van der Waals surface area contributed by atoms with Gasteiger partial charge < -0.3 is 15.1 Å². The van der Waals surface area contributed by atoms with Crippen molar-refractivity contribution < 1.29 is 10.2 Å². The van der Waals surface area contributed by atoms with Crippen LogP contribution in [-0.4, -0.2) is 48.2 Å². The summed E-state index contributed by atoms with van der Waals surface area (Å²) in [6.07, 6.45) is 2.64. The smallest absolute Gasteiger partial charge is 0.115 e. The van der Waals surface area contributed by atoms with Crippen LogP contribution in [0.1, 0.15) is 29.8 Å². The topological polar surface area (TPSA) is 43.7 Å². The highest BCUT2D eigenvalue weighted by Crippen LogP contribution is 2.45. The molecule has 2 aliphatic rings. The van der Waals surface area contributed by atoms with Crippen LogP contribution in [0.5, 0.6) is 5.75 Å². The lowest BCUT2D eigenvalue weighted by Crippen LogP contribution is -2.33. The Kier molecular flexibility index (Phi) is 4.81. The fourth-order valence-corrected chi connectivity index (χ4v) is 5.12.